The van der Waals surface area contributed by atoms with Gasteiger partial charge < -0.3 is 20.8 Å². The molecule has 0 saturated carbocycles. The van der Waals surface area contributed by atoms with Crippen molar-refractivity contribution < 1.29 is 19.8 Å². The number of phenolic OH excluding ortho intramolecular Hbond substituents is 1. The molecule has 0 bridgehead atoms. The molecule has 0 spiro atoms. The molecule has 0 aliphatic heterocycles. The smallest absolute Gasteiger partial charge is 0.337 e. The second-order valence-corrected chi connectivity index (χ2v) is 4.36. The predicted molar refractivity (Wildman–Crippen MR) is 74.2 cm³/mol. The third kappa shape index (κ3) is 3.50. The Balaban J connectivity index is 2.03. The number of benzene rings is 1. The fraction of sp³-hybridized carbons (Fsp3) is 0.154. The molecule has 0 radical (unpaired) electrons. The number of aromatic hydroxyl groups is 1. The van der Waals surface area contributed by atoms with Gasteiger partial charge in [-0.3, -0.25) is 5.10 Å². The van der Waals surface area contributed by atoms with E-state index < -0.39 is 12.0 Å². The number of aryl methyl sites for hydroxylation is 1. The Kier molecular flexibility index (Phi) is 4.07. The lowest BCUT2D eigenvalue weighted by molar-refractivity contribution is 0.0697. The summed E-state index contributed by atoms with van der Waals surface area (Å²) in [6, 6.07) is 3.13. The first-order valence-corrected chi connectivity index (χ1v) is 6.07. The Hall–Kier alpha value is -3.03. The van der Waals surface area contributed by atoms with Crippen LogP contribution in [0.25, 0.3) is 0 Å². The number of amides is 2. The first-order valence-electron chi connectivity index (χ1n) is 6.07. The van der Waals surface area contributed by atoms with E-state index in [9.17, 15) is 14.7 Å². The van der Waals surface area contributed by atoms with Gasteiger partial charge in [0.1, 0.15) is 5.75 Å². The van der Waals surface area contributed by atoms with E-state index in [-0.39, 0.29) is 23.5 Å². The van der Waals surface area contributed by atoms with Gasteiger partial charge >= 0.3 is 12.0 Å². The summed E-state index contributed by atoms with van der Waals surface area (Å²) in [6.07, 6.45) is 1.60. The standard InChI is InChI=1S/C13H14N4O4/c1-7-8(6-15-17-7)5-14-13(21)16-11-3-2-9(18)4-10(11)12(19)20/h2-4,6,18H,5H2,1H3,(H,15,17)(H,19,20)(H2,14,16,21). The van der Waals surface area contributed by atoms with Gasteiger partial charge in [0.05, 0.1) is 17.4 Å². The number of anilines is 1. The van der Waals surface area contributed by atoms with Crippen LogP contribution in [-0.2, 0) is 6.54 Å². The van der Waals surface area contributed by atoms with Crippen LogP contribution in [0.3, 0.4) is 0 Å². The van der Waals surface area contributed by atoms with Crippen molar-refractivity contribution in [1.29, 1.82) is 0 Å². The number of hydrogen-bond acceptors (Lipinski definition) is 4. The van der Waals surface area contributed by atoms with Gasteiger partial charge in [0.2, 0.25) is 0 Å². The number of nitrogens with one attached hydrogen (secondary N) is 3. The van der Waals surface area contributed by atoms with Gasteiger partial charge in [0, 0.05) is 17.8 Å². The summed E-state index contributed by atoms with van der Waals surface area (Å²) in [6.45, 7) is 2.08. The summed E-state index contributed by atoms with van der Waals surface area (Å²) in [4.78, 5) is 22.8. The lowest BCUT2D eigenvalue weighted by Gasteiger charge is -2.10. The molecule has 110 valence electrons. The number of carbonyl (C=O) groups excluding carboxylic acids is 1. The van der Waals surface area contributed by atoms with E-state index in [4.69, 9.17) is 5.11 Å². The van der Waals surface area contributed by atoms with E-state index in [0.717, 1.165) is 17.3 Å². The number of urea groups is 1. The number of carbonyl (C=O) groups is 2. The highest BCUT2D eigenvalue weighted by molar-refractivity contribution is 6.00. The van der Waals surface area contributed by atoms with Crippen LogP contribution >= 0.6 is 0 Å². The molecule has 0 aliphatic rings. The molecule has 1 aromatic heterocycles. The molecular weight excluding hydrogens is 276 g/mol. The number of nitrogens with zero attached hydrogens (tertiary/aromatic N) is 1. The van der Waals surface area contributed by atoms with Crippen molar-refractivity contribution >= 4 is 17.7 Å². The summed E-state index contributed by atoms with van der Waals surface area (Å²) in [5.74, 6) is -1.43. The largest absolute Gasteiger partial charge is 0.508 e. The Morgan fingerprint density at radius 1 is 1.38 bits per heavy atom. The molecule has 2 aromatic rings. The number of carboxylic acids is 1. The fourth-order valence-electron chi connectivity index (χ4n) is 1.71. The number of hydrogen-bond donors (Lipinski definition) is 5. The van der Waals surface area contributed by atoms with Crippen LogP contribution in [0.4, 0.5) is 10.5 Å². The Morgan fingerprint density at radius 2 is 2.14 bits per heavy atom. The maximum Gasteiger partial charge on any atom is 0.337 e. The molecule has 2 rings (SSSR count). The topological polar surface area (TPSA) is 127 Å². The van der Waals surface area contributed by atoms with Gasteiger partial charge in [-0.1, -0.05) is 0 Å². The van der Waals surface area contributed by atoms with Gasteiger partial charge in [-0.25, -0.2) is 9.59 Å². The lowest BCUT2D eigenvalue weighted by atomic mass is 10.1. The number of carboxylic acid groups (broad SMARTS) is 1. The van der Waals surface area contributed by atoms with Crippen LogP contribution in [0.1, 0.15) is 21.6 Å². The fourth-order valence-corrected chi connectivity index (χ4v) is 1.71. The predicted octanol–water partition coefficient (Wildman–Crippen LogP) is 1.44. The molecule has 2 amide bonds. The average molecular weight is 290 g/mol. The van der Waals surface area contributed by atoms with E-state index in [2.05, 4.69) is 20.8 Å². The van der Waals surface area contributed by atoms with Crippen LogP contribution in [-0.4, -0.2) is 32.4 Å². The maximum atomic E-state index is 11.8. The number of aromatic amines is 1. The second-order valence-electron chi connectivity index (χ2n) is 4.36. The molecule has 8 nitrogen and oxygen atoms in total. The summed E-state index contributed by atoms with van der Waals surface area (Å²) < 4.78 is 0. The van der Waals surface area contributed by atoms with E-state index in [0.29, 0.717) is 0 Å². The van der Waals surface area contributed by atoms with Crippen molar-refractivity contribution in [1.82, 2.24) is 15.5 Å². The zero-order valence-electron chi connectivity index (χ0n) is 11.2. The van der Waals surface area contributed by atoms with Crippen molar-refractivity contribution in [2.45, 2.75) is 13.5 Å². The van der Waals surface area contributed by atoms with Crippen molar-refractivity contribution in [3.8, 4) is 5.75 Å². The molecule has 0 aliphatic carbocycles. The quantitative estimate of drug-likeness (QED) is 0.544. The third-order valence-corrected chi connectivity index (χ3v) is 2.86. The summed E-state index contributed by atoms with van der Waals surface area (Å²) in [5.41, 5.74) is 1.58. The lowest BCUT2D eigenvalue weighted by Crippen LogP contribution is -2.29. The monoisotopic (exact) mass is 290 g/mol. The Labute approximate surface area is 119 Å². The number of phenols is 1. The van der Waals surface area contributed by atoms with Crippen LogP contribution in [0, 0.1) is 6.92 Å². The molecule has 0 saturated heterocycles. The van der Waals surface area contributed by atoms with Gasteiger partial charge in [-0.2, -0.15) is 5.10 Å². The number of aromatic carboxylic acids is 1. The van der Waals surface area contributed by atoms with E-state index in [1.165, 1.54) is 12.1 Å². The minimum absolute atomic E-state index is 0.0988. The maximum absolute atomic E-state index is 11.8. The highest BCUT2D eigenvalue weighted by Gasteiger charge is 2.13. The highest BCUT2D eigenvalue weighted by atomic mass is 16.4. The minimum Gasteiger partial charge on any atom is -0.508 e. The first-order chi connectivity index (χ1) is 9.97. The Bertz CT molecular complexity index is 681. The molecular formula is C13H14N4O4. The third-order valence-electron chi connectivity index (χ3n) is 2.86. The van der Waals surface area contributed by atoms with E-state index >= 15 is 0 Å². The molecule has 5 N–H and O–H groups in total. The van der Waals surface area contributed by atoms with Crippen LogP contribution in [0.2, 0.25) is 0 Å². The normalized spacial score (nSPS) is 10.1. The molecule has 0 unspecified atom stereocenters. The number of rotatable bonds is 4. The van der Waals surface area contributed by atoms with Crippen LogP contribution < -0.4 is 10.6 Å². The summed E-state index contributed by atoms with van der Waals surface area (Å²) in [7, 11) is 0. The first kappa shape index (κ1) is 14.4. The molecule has 21 heavy (non-hydrogen) atoms. The molecule has 1 aromatic carbocycles. The van der Waals surface area contributed by atoms with Crippen molar-refractivity contribution in [2.75, 3.05) is 5.32 Å². The number of H-pyrrole nitrogens is 1. The molecule has 0 atom stereocenters. The van der Waals surface area contributed by atoms with Crippen molar-refractivity contribution in [2.24, 2.45) is 0 Å². The highest BCUT2D eigenvalue weighted by Crippen LogP contribution is 2.21. The van der Waals surface area contributed by atoms with Gasteiger partial charge in [0.15, 0.2) is 0 Å². The zero-order valence-corrected chi connectivity index (χ0v) is 11.2. The van der Waals surface area contributed by atoms with E-state index in [1.54, 1.807) is 6.20 Å². The van der Waals surface area contributed by atoms with Gasteiger partial charge in [-0.05, 0) is 25.1 Å². The van der Waals surface area contributed by atoms with Gasteiger partial charge in [0.25, 0.3) is 0 Å². The Morgan fingerprint density at radius 3 is 2.76 bits per heavy atom. The van der Waals surface area contributed by atoms with Crippen molar-refractivity contribution in [3.63, 3.8) is 0 Å². The second kappa shape index (κ2) is 5.95. The van der Waals surface area contributed by atoms with Crippen molar-refractivity contribution in [3.05, 3.63) is 41.2 Å². The van der Waals surface area contributed by atoms with Gasteiger partial charge in [-0.15, -0.1) is 0 Å². The van der Waals surface area contributed by atoms with Crippen LogP contribution in [0.5, 0.6) is 5.75 Å². The molecule has 0 fully saturated rings. The molecule has 1 heterocycles. The average Bonchev–Trinajstić information content (AvgIpc) is 2.84. The summed E-state index contributed by atoms with van der Waals surface area (Å²) >= 11 is 0. The summed E-state index contributed by atoms with van der Waals surface area (Å²) in [5, 5.41) is 29.9. The SMILES string of the molecule is Cc1[nH]ncc1CNC(=O)Nc1ccc(O)cc1C(=O)O. The minimum atomic E-state index is -1.24. The van der Waals surface area contributed by atoms with E-state index in [1.807, 2.05) is 6.92 Å². The zero-order chi connectivity index (χ0) is 15.4. The molecule has 8 heteroatoms. The number of aromatic nitrogens is 2. The van der Waals surface area contributed by atoms with Crippen LogP contribution in [0.15, 0.2) is 24.4 Å².